The first-order chi connectivity index (χ1) is 14.4. The highest BCUT2D eigenvalue weighted by molar-refractivity contribution is 6.29. The van der Waals surface area contributed by atoms with Gasteiger partial charge in [-0.15, -0.1) is 0 Å². The lowest BCUT2D eigenvalue weighted by molar-refractivity contribution is -0.127. The molecule has 3 aromatic rings. The van der Waals surface area contributed by atoms with E-state index in [1.165, 1.54) is 12.1 Å². The Bertz CT molecular complexity index is 1070. The van der Waals surface area contributed by atoms with E-state index >= 15 is 0 Å². The number of nitriles is 1. The zero-order valence-electron chi connectivity index (χ0n) is 15.9. The number of nitrogens with zero attached hydrogens (tertiary/aromatic N) is 2. The van der Waals surface area contributed by atoms with Crippen molar-refractivity contribution in [3.63, 3.8) is 0 Å². The molecule has 30 heavy (non-hydrogen) atoms. The maximum absolute atomic E-state index is 13.9. The summed E-state index contributed by atoms with van der Waals surface area (Å²) in [5, 5.41) is 11.9. The smallest absolute Gasteiger partial charge is 0.261 e. The van der Waals surface area contributed by atoms with E-state index in [9.17, 15) is 9.18 Å². The van der Waals surface area contributed by atoms with Crippen LogP contribution in [0.4, 0.5) is 4.39 Å². The molecule has 8 heteroatoms. The fraction of sp³-hybridized carbons (Fsp3) is 0.136. The Morgan fingerprint density at radius 1 is 1.20 bits per heavy atom. The summed E-state index contributed by atoms with van der Waals surface area (Å²) in [6.07, 6.45) is 0.858. The Hall–Kier alpha value is -3.63. The van der Waals surface area contributed by atoms with E-state index in [1.807, 2.05) is 6.07 Å². The van der Waals surface area contributed by atoms with Gasteiger partial charge in [-0.1, -0.05) is 17.7 Å². The Labute approximate surface area is 177 Å². The lowest BCUT2D eigenvalue weighted by Crippen LogP contribution is -2.35. The molecule has 6 nitrogen and oxygen atoms in total. The SMILES string of the molecule is C[C@@H](Oc1ccc(Oc2ccc(C#N)cc2F)cc1)C(=O)NCc1ccc(Cl)nc1. The monoisotopic (exact) mass is 425 g/mol. The standard InChI is InChI=1S/C22H17ClFN3O3/c1-14(22(28)27-13-16-3-9-21(23)26-12-16)29-17-4-6-18(7-5-17)30-20-8-2-15(11-25)10-19(20)24/h2-10,12,14H,13H2,1H3,(H,27,28)/t14-/m1/s1. The number of carbonyl (C=O) groups excluding carboxylic acids is 1. The number of amides is 1. The average molecular weight is 426 g/mol. The third kappa shape index (κ3) is 5.69. The molecule has 0 aliphatic heterocycles. The summed E-state index contributed by atoms with van der Waals surface area (Å²) in [6, 6.07) is 15.7. The molecule has 0 fully saturated rings. The van der Waals surface area contributed by atoms with Gasteiger partial charge in [0.25, 0.3) is 5.91 Å². The number of hydrogen-bond donors (Lipinski definition) is 1. The third-order valence-electron chi connectivity index (χ3n) is 4.05. The first-order valence-corrected chi connectivity index (χ1v) is 9.35. The summed E-state index contributed by atoms with van der Waals surface area (Å²) in [5.41, 5.74) is 1.03. The van der Waals surface area contributed by atoms with E-state index in [2.05, 4.69) is 10.3 Å². The average Bonchev–Trinajstić information content (AvgIpc) is 2.75. The van der Waals surface area contributed by atoms with Gasteiger partial charge < -0.3 is 14.8 Å². The summed E-state index contributed by atoms with van der Waals surface area (Å²) in [4.78, 5) is 16.2. The van der Waals surface area contributed by atoms with Gasteiger partial charge in [-0.05, 0) is 61.0 Å². The molecule has 3 rings (SSSR count). The van der Waals surface area contributed by atoms with Crippen LogP contribution in [-0.4, -0.2) is 17.0 Å². The molecule has 0 aliphatic carbocycles. The highest BCUT2D eigenvalue weighted by Crippen LogP contribution is 2.27. The second-order valence-corrected chi connectivity index (χ2v) is 6.68. The Morgan fingerprint density at radius 3 is 2.57 bits per heavy atom. The molecule has 1 N–H and O–H groups in total. The maximum atomic E-state index is 13.9. The molecule has 0 aliphatic rings. The van der Waals surface area contributed by atoms with Crippen molar-refractivity contribution in [3.8, 4) is 23.3 Å². The van der Waals surface area contributed by atoms with Crippen molar-refractivity contribution in [2.24, 2.45) is 0 Å². The van der Waals surface area contributed by atoms with Crippen molar-refractivity contribution >= 4 is 17.5 Å². The molecule has 1 aromatic heterocycles. The molecule has 0 unspecified atom stereocenters. The van der Waals surface area contributed by atoms with Crippen LogP contribution in [0.3, 0.4) is 0 Å². The van der Waals surface area contributed by atoms with Crippen molar-refractivity contribution in [2.75, 3.05) is 0 Å². The predicted molar refractivity (Wildman–Crippen MR) is 109 cm³/mol. The molecule has 0 bridgehead atoms. The molecule has 1 atom stereocenters. The molecular formula is C22H17ClFN3O3. The molecular weight excluding hydrogens is 409 g/mol. The molecule has 152 valence electrons. The zero-order valence-corrected chi connectivity index (χ0v) is 16.7. The quantitative estimate of drug-likeness (QED) is 0.558. The molecule has 1 amide bonds. The van der Waals surface area contributed by atoms with Crippen LogP contribution in [0.2, 0.25) is 5.15 Å². The predicted octanol–water partition coefficient (Wildman–Crippen LogP) is 4.62. The Balaban J connectivity index is 1.53. The minimum Gasteiger partial charge on any atom is -0.481 e. The van der Waals surface area contributed by atoms with Gasteiger partial charge in [-0.3, -0.25) is 4.79 Å². The minimum absolute atomic E-state index is 0.00658. The van der Waals surface area contributed by atoms with E-state index in [0.717, 1.165) is 11.6 Å². The van der Waals surface area contributed by atoms with Crippen LogP contribution in [0.25, 0.3) is 0 Å². The second kappa shape index (κ2) is 9.72. The van der Waals surface area contributed by atoms with E-state index in [4.69, 9.17) is 26.3 Å². The highest BCUT2D eigenvalue weighted by atomic mass is 35.5. The van der Waals surface area contributed by atoms with Crippen LogP contribution >= 0.6 is 11.6 Å². The first-order valence-electron chi connectivity index (χ1n) is 8.97. The van der Waals surface area contributed by atoms with Crippen LogP contribution in [0, 0.1) is 17.1 Å². The normalized spacial score (nSPS) is 11.3. The van der Waals surface area contributed by atoms with Crippen LogP contribution in [0.15, 0.2) is 60.8 Å². The van der Waals surface area contributed by atoms with Crippen LogP contribution in [0.5, 0.6) is 17.2 Å². The number of benzene rings is 2. The number of hydrogen-bond acceptors (Lipinski definition) is 5. The van der Waals surface area contributed by atoms with Gasteiger partial charge in [-0.25, -0.2) is 9.37 Å². The van der Waals surface area contributed by atoms with Crippen molar-refractivity contribution in [1.82, 2.24) is 10.3 Å². The van der Waals surface area contributed by atoms with Gasteiger partial charge in [-0.2, -0.15) is 5.26 Å². The van der Waals surface area contributed by atoms with Gasteiger partial charge in [0.2, 0.25) is 0 Å². The van der Waals surface area contributed by atoms with Crippen LogP contribution < -0.4 is 14.8 Å². The van der Waals surface area contributed by atoms with Crippen LogP contribution in [-0.2, 0) is 11.3 Å². The Morgan fingerprint density at radius 2 is 1.93 bits per heavy atom. The largest absolute Gasteiger partial charge is 0.481 e. The fourth-order valence-electron chi connectivity index (χ4n) is 2.47. The molecule has 0 spiro atoms. The van der Waals surface area contributed by atoms with Crippen molar-refractivity contribution in [1.29, 1.82) is 5.26 Å². The minimum atomic E-state index is -0.729. The summed E-state index contributed by atoms with van der Waals surface area (Å²) in [6.45, 7) is 1.94. The number of pyridine rings is 1. The van der Waals surface area contributed by atoms with Crippen molar-refractivity contribution < 1.29 is 18.7 Å². The summed E-state index contributed by atoms with van der Waals surface area (Å²) >= 11 is 5.73. The van der Waals surface area contributed by atoms with Gasteiger partial charge in [0, 0.05) is 12.7 Å². The molecule has 2 aromatic carbocycles. The summed E-state index contributed by atoms with van der Waals surface area (Å²) < 4.78 is 25.0. The number of nitrogens with one attached hydrogen (secondary N) is 1. The summed E-state index contributed by atoms with van der Waals surface area (Å²) in [5.74, 6) is -0.0654. The second-order valence-electron chi connectivity index (χ2n) is 6.30. The third-order valence-corrected chi connectivity index (χ3v) is 4.27. The van der Waals surface area contributed by atoms with E-state index in [0.29, 0.717) is 23.2 Å². The van der Waals surface area contributed by atoms with Crippen LogP contribution in [0.1, 0.15) is 18.1 Å². The van der Waals surface area contributed by atoms with Gasteiger partial charge in [0.15, 0.2) is 17.7 Å². The number of rotatable bonds is 7. The molecule has 0 saturated heterocycles. The number of carbonyl (C=O) groups is 1. The maximum Gasteiger partial charge on any atom is 0.261 e. The summed E-state index contributed by atoms with van der Waals surface area (Å²) in [7, 11) is 0. The van der Waals surface area contributed by atoms with E-state index in [-0.39, 0.29) is 17.2 Å². The zero-order chi connectivity index (χ0) is 21.5. The fourth-order valence-corrected chi connectivity index (χ4v) is 2.58. The Kier molecular flexibility index (Phi) is 6.83. The number of ether oxygens (including phenoxy) is 2. The molecule has 1 heterocycles. The first kappa shape index (κ1) is 21.1. The highest BCUT2D eigenvalue weighted by Gasteiger charge is 2.14. The van der Waals surface area contributed by atoms with Crippen molar-refractivity contribution in [3.05, 3.63) is 82.9 Å². The number of halogens is 2. The topological polar surface area (TPSA) is 84.2 Å². The molecule has 0 radical (unpaired) electrons. The van der Waals surface area contributed by atoms with E-state index < -0.39 is 11.9 Å². The van der Waals surface area contributed by atoms with Gasteiger partial charge in [0.05, 0.1) is 11.6 Å². The number of aromatic nitrogens is 1. The molecule has 0 saturated carbocycles. The lowest BCUT2D eigenvalue weighted by Gasteiger charge is -2.15. The van der Waals surface area contributed by atoms with Crippen molar-refractivity contribution in [2.45, 2.75) is 19.6 Å². The van der Waals surface area contributed by atoms with E-state index in [1.54, 1.807) is 49.5 Å². The lowest BCUT2D eigenvalue weighted by atomic mass is 10.2. The van der Waals surface area contributed by atoms with Gasteiger partial charge >= 0.3 is 0 Å². The van der Waals surface area contributed by atoms with Gasteiger partial charge in [0.1, 0.15) is 16.7 Å².